The first-order valence-electron chi connectivity index (χ1n) is 12.9. The van der Waals surface area contributed by atoms with Gasteiger partial charge in [0, 0.05) is 11.4 Å². The van der Waals surface area contributed by atoms with Crippen LogP contribution in [0.2, 0.25) is 0 Å². The van der Waals surface area contributed by atoms with E-state index in [2.05, 4.69) is 22.8 Å². The quantitative estimate of drug-likeness (QED) is 0.228. The van der Waals surface area contributed by atoms with Gasteiger partial charge < -0.3 is 20.1 Å². The van der Waals surface area contributed by atoms with Crippen molar-refractivity contribution in [1.29, 1.82) is 0 Å². The summed E-state index contributed by atoms with van der Waals surface area (Å²) in [6.45, 7) is 6.78. The van der Waals surface area contributed by atoms with Crippen molar-refractivity contribution in [2.24, 2.45) is 0 Å². The van der Waals surface area contributed by atoms with Crippen LogP contribution < -0.4 is 20.1 Å². The fraction of sp³-hybridized carbons (Fsp3) is 0.233. The lowest BCUT2D eigenvalue weighted by atomic mass is 9.94. The zero-order valence-corrected chi connectivity index (χ0v) is 23.0. The Hall–Kier alpha value is -4.24. The number of para-hydroxylation sites is 2. The Morgan fingerprint density at radius 2 is 1.77 bits per heavy atom. The summed E-state index contributed by atoms with van der Waals surface area (Å²) in [7, 11) is 0. The molecule has 1 aliphatic rings. The Morgan fingerprint density at radius 3 is 2.56 bits per heavy atom. The van der Waals surface area contributed by atoms with E-state index in [0.717, 1.165) is 17.1 Å². The molecule has 2 N–H and O–H groups in total. The van der Waals surface area contributed by atoms with Gasteiger partial charge in [-0.2, -0.15) is 4.98 Å². The Morgan fingerprint density at radius 1 is 1.00 bits per heavy atom. The van der Waals surface area contributed by atoms with Gasteiger partial charge in [-0.15, -0.1) is 5.10 Å². The van der Waals surface area contributed by atoms with Crippen molar-refractivity contribution in [2.75, 3.05) is 23.8 Å². The molecule has 0 radical (unpaired) electrons. The Bertz CT molecular complexity index is 1480. The summed E-state index contributed by atoms with van der Waals surface area (Å²) in [6.07, 6.45) is 0. The molecule has 39 heavy (non-hydrogen) atoms. The average molecular weight is 542 g/mol. The van der Waals surface area contributed by atoms with Crippen LogP contribution in [0.1, 0.15) is 37.9 Å². The molecule has 1 aromatic heterocycles. The van der Waals surface area contributed by atoms with E-state index in [1.165, 1.54) is 5.56 Å². The van der Waals surface area contributed by atoms with Crippen molar-refractivity contribution < 1.29 is 14.3 Å². The molecule has 1 aliphatic heterocycles. The highest BCUT2D eigenvalue weighted by Gasteiger charge is 2.35. The van der Waals surface area contributed by atoms with Crippen LogP contribution in [0.3, 0.4) is 0 Å². The van der Waals surface area contributed by atoms with Crippen LogP contribution in [-0.2, 0) is 10.5 Å². The lowest BCUT2D eigenvalue weighted by Gasteiger charge is -2.29. The van der Waals surface area contributed by atoms with E-state index in [9.17, 15) is 4.79 Å². The van der Waals surface area contributed by atoms with Gasteiger partial charge in [0.1, 0.15) is 17.5 Å². The van der Waals surface area contributed by atoms with Gasteiger partial charge in [-0.05, 0) is 56.2 Å². The molecule has 1 unspecified atom stereocenters. The van der Waals surface area contributed by atoms with E-state index in [-0.39, 0.29) is 5.91 Å². The molecule has 0 spiro atoms. The molecule has 0 saturated carbocycles. The van der Waals surface area contributed by atoms with Crippen LogP contribution in [0.15, 0.2) is 95.3 Å². The Labute approximate surface area is 232 Å². The minimum atomic E-state index is -0.514. The number of carbonyl (C=O) groups is 1. The molecule has 0 aliphatic carbocycles. The van der Waals surface area contributed by atoms with E-state index in [4.69, 9.17) is 19.6 Å². The van der Waals surface area contributed by atoms with Gasteiger partial charge in [0.15, 0.2) is 0 Å². The molecule has 200 valence electrons. The summed E-state index contributed by atoms with van der Waals surface area (Å²) in [5.74, 6) is 2.42. The first-order chi connectivity index (χ1) is 19.1. The van der Waals surface area contributed by atoms with Crippen LogP contribution in [0.25, 0.3) is 0 Å². The van der Waals surface area contributed by atoms with Gasteiger partial charge in [0.25, 0.3) is 5.91 Å². The van der Waals surface area contributed by atoms with Crippen molar-refractivity contribution in [3.05, 3.63) is 101 Å². The molecule has 0 fully saturated rings. The lowest BCUT2D eigenvalue weighted by Crippen LogP contribution is -2.31. The maximum absolute atomic E-state index is 13.9. The van der Waals surface area contributed by atoms with Gasteiger partial charge in [0.2, 0.25) is 11.1 Å². The second-order valence-electron chi connectivity index (χ2n) is 8.89. The first-order valence-corrected chi connectivity index (χ1v) is 13.9. The highest BCUT2D eigenvalue weighted by molar-refractivity contribution is 7.98. The standard InChI is InChI=1S/C30H31N5O3S/c1-4-37-23-15-11-14-22(18-23)27-26(28(36)32-24-16-9-10-17-25(24)38-5-2)20(3)31-29-33-30(34-35(27)29)39-19-21-12-7-6-8-13-21/h6-18,27H,4-5,19H2,1-3H3,(H,32,36)(H,31,33,34). The molecule has 0 saturated heterocycles. The molecule has 9 heteroatoms. The number of carbonyl (C=O) groups excluding carboxylic acids is 1. The van der Waals surface area contributed by atoms with Crippen LogP contribution >= 0.6 is 11.8 Å². The maximum atomic E-state index is 13.9. The maximum Gasteiger partial charge on any atom is 0.255 e. The number of hydrogen-bond acceptors (Lipinski definition) is 7. The van der Waals surface area contributed by atoms with Crippen LogP contribution in [0, 0.1) is 0 Å². The molecule has 8 nitrogen and oxygen atoms in total. The fourth-order valence-electron chi connectivity index (χ4n) is 4.50. The van der Waals surface area contributed by atoms with E-state index < -0.39 is 6.04 Å². The van der Waals surface area contributed by atoms with Gasteiger partial charge in [-0.1, -0.05) is 66.4 Å². The topological polar surface area (TPSA) is 90.3 Å². The van der Waals surface area contributed by atoms with Crippen molar-refractivity contribution in [3.8, 4) is 11.5 Å². The third-order valence-electron chi connectivity index (χ3n) is 6.21. The van der Waals surface area contributed by atoms with Crippen LogP contribution in [0.4, 0.5) is 11.6 Å². The number of rotatable bonds is 10. The highest BCUT2D eigenvalue weighted by Crippen LogP contribution is 2.38. The molecule has 1 atom stereocenters. The molecule has 3 aromatic carbocycles. The third kappa shape index (κ3) is 5.93. The summed E-state index contributed by atoms with van der Waals surface area (Å²) in [4.78, 5) is 18.6. The van der Waals surface area contributed by atoms with Gasteiger partial charge >= 0.3 is 0 Å². The number of nitrogens with zero attached hydrogens (tertiary/aromatic N) is 3. The predicted octanol–water partition coefficient (Wildman–Crippen LogP) is 6.30. The van der Waals surface area contributed by atoms with Crippen molar-refractivity contribution in [1.82, 2.24) is 14.8 Å². The number of fused-ring (bicyclic) bond motifs is 1. The van der Waals surface area contributed by atoms with Gasteiger partial charge in [-0.3, -0.25) is 4.79 Å². The first kappa shape index (κ1) is 26.4. The van der Waals surface area contributed by atoms with Crippen molar-refractivity contribution in [3.63, 3.8) is 0 Å². The largest absolute Gasteiger partial charge is 0.494 e. The monoisotopic (exact) mass is 541 g/mol. The van der Waals surface area contributed by atoms with Crippen molar-refractivity contribution in [2.45, 2.75) is 37.7 Å². The van der Waals surface area contributed by atoms with Gasteiger partial charge in [-0.25, -0.2) is 4.68 Å². The van der Waals surface area contributed by atoms with Crippen molar-refractivity contribution >= 4 is 29.3 Å². The second-order valence-corrected chi connectivity index (χ2v) is 9.83. The fourth-order valence-corrected chi connectivity index (χ4v) is 5.28. The number of thioether (sulfide) groups is 1. The Kier molecular flexibility index (Phi) is 8.17. The number of ether oxygens (including phenoxy) is 2. The lowest BCUT2D eigenvalue weighted by molar-refractivity contribution is -0.113. The molecular weight excluding hydrogens is 510 g/mol. The summed E-state index contributed by atoms with van der Waals surface area (Å²) in [5.41, 5.74) is 3.90. The number of benzene rings is 3. The minimum absolute atomic E-state index is 0.251. The van der Waals surface area contributed by atoms with E-state index in [1.54, 1.807) is 16.4 Å². The zero-order chi connectivity index (χ0) is 27.2. The number of hydrogen-bond donors (Lipinski definition) is 2. The van der Waals surface area contributed by atoms with Gasteiger partial charge in [0.05, 0.1) is 24.5 Å². The summed E-state index contributed by atoms with van der Waals surface area (Å²) < 4.78 is 13.3. The molecule has 2 heterocycles. The van der Waals surface area contributed by atoms with E-state index in [0.29, 0.717) is 47.0 Å². The predicted molar refractivity (Wildman–Crippen MR) is 154 cm³/mol. The molecular formula is C30H31N5O3S. The number of anilines is 2. The summed E-state index contributed by atoms with van der Waals surface area (Å²) >= 11 is 1.55. The summed E-state index contributed by atoms with van der Waals surface area (Å²) in [6, 6.07) is 24.9. The number of allylic oxidation sites excluding steroid dienone is 1. The van der Waals surface area contributed by atoms with E-state index >= 15 is 0 Å². The van der Waals surface area contributed by atoms with Crippen LogP contribution in [-0.4, -0.2) is 33.9 Å². The van der Waals surface area contributed by atoms with E-state index in [1.807, 2.05) is 87.5 Å². The number of aromatic nitrogens is 3. The SMILES string of the molecule is CCOc1cccc(C2C(C(=O)Nc3ccccc3OCC)=C(C)Nc3nc(SCc4ccccc4)nn32)c1. The number of amides is 1. The Balaban J connectivity index is 1.51. The van der Waals surface area contributed by atoms with Crippen LogP contribution in [0.5, 0.6) is 11.5 Å². The normalized spacial score (nSPS) is 14.4. The third-order valence-corrected chi connectivity index (χ3v) is 7.12. The molecule has 0 bridgehead atoms. The second kappa shape index (κ2) is 12.1. The highest BCUT2D eigenvalue weighted by atomic mass is 32.2. The molecule has 5 rings (SSSR count). The average Bonchev–Trinajstić information content (AvgIpc) is 3.35. The minimum Gasteiger partial charge on any atom is -0.494 e. The number of nitrogens with one attached hydrogen (secondary N) is 2. The smallest absolute Gasteiger partial charge is 0.255 e. The zero-order valence-electron chi connectivity index (χ0n) is 22.2. The molecule has 1 amide bonds. The summed E-state index contributed by atoms with van der Waals surface area (Å²) in [5, 5.41) is 11.8. The molecule has 4 aromatic rings.